The molecule has 0 bridgehead atoms. The number of carbonyl (C=O) groups excluding carboxylic acids is 1. The zero-order valence-corrected chi connectivity index (χ0v) is 10.1. The Balaban J connectivity index is 1.82. The minimum absolute atomic E-state index is 0.218. The largest absolute Gasteiger partial charge is 0.453 e. The number of benzene rings is 1. The van der Waals surface area contributed by atoms with Crippen LogP contribution in [-0.2, 0) is 11.3 Å². The van der Waals surface area contributed by atoms with Crippen molar-refractivity contribution < 1.29 is 9.53 Å². The van der Waals surface area contributed by atoms with Crippen LogP contribution < -0.4 is 0 Å². The third kappa shape index (κ3) is 3.20. The molecule has 0 aliphatic carbocycles. The van der Waals surface area contributed by atoms with E-state index in [4.69, 9.17) is 4.74 Å². The van der Waals surface area contributed by atoms with E-state index in [2.05, 4.69) is 29.2 Å². The molecule has 0 spiro atoms. The minimum Gasteiger partial charge on any atom is -0.453 e. The highest BCUT2D eigenvalue weighted by molar-refractivity contribution is 5.67. The van der Waals surface area contributed by atoms with Crippen LogP contribution in [0.3, 0.4) is 0 Å². The van der Waals surface area contributed by atoms with Gasteiger partial charge in [0.25, 0.3) is 0 Å². The Morgan fingerprint density at radius 2 is 1.82 bits per heavy atom. The predicted octanol–water partition coefficient (Wildman–Crippen LogP) is 1.57. The molecule has 17 heavy (non-hydrogen) atoms. The summed E-state index contributed by atoms with van der Waals surface area (Å²) < 4.78 is 4.71. The molecule has 92 valence electrons. The molecule has 1 amide bonds. The summed E-state index contributed by atoms with van der Waals surface area (Å²) in [5.41, 5.74) is 1.32. The van der Waals surface area contributed by atoms with Gasteiger partial charge in [-0.15, -0.1) is 0 Å². The number of nitrogens with zero attached hydrogens (tertiary/aromatic N) is 2. The predicted molar refractivity (Wildman–Crippen MR) is 65.7 cm³/mol. The molecule has 4 heteroatoms. The topological polar surface area (TPSA) is 32.8 Å². The average Bonchev–Trinajstić information content (AvgIpc) is 2.40. The molecule has 2 rings (SSSR count). The summed E-state index contributed by atoms with van der Waals surface area (Å²) in [6.07, 6.45) is -0.218. The summed E-state index contributed by atoms with van der Waals surface area (Å²) in [6.45, 7) is 4.27. The van der Waals surface area contributed by atoms with Gasteiger partial charge in [-0.2, -0.15) is 0 Å². The molecule has 1 aliphatic heterocycles. The van der Waals surface area contributed by atoms with Gasteiger partial charge in [0, 0.05) is 32.7 Å². The number of amides is 1. The van der Waals surface area contributed by atoms with E-state index in [1.165, 1.54) is 12.7 Å². The second-order valence-electron chi connectivity index (χ2n) is 4.22. The summed E-state index contributed by atoms with van der Waals surface area (Å²) >= 11 is 0. The van der Waals surface area contributed by atoms with Gasteiger partial charge in [0.05, 0.1) is 7.11 Å². The van der Waals surface area contributed by atoms with Gasteiger partial charge >= 0.3 is 6.09 Å². The van der Waals surface area contributed by atoms with Gasteiger partial charge in [0.1, 0.15) is 0 Å². The monoisotopic (exact) mass is 234 g/mol. The zero-order valence-electron chi connectivity index (χ0n) is 10.1. The fourth-order valence-corrected chi connectivity index (χ4v) is 2.06. The summed E-state index contributed by atoms with van der Waals surface area (Å²) in [5.74, 6) is 0. The van der Waals surface area contributed by atoms with Gasteiger partial charge < -0.3 is 9.64 Å². The van der Waals surface area contributed by atoms with Crippen LogP contribution in [0.1, 0.15) is 5.56 Å². The Morgan fingerprint density at radius 1 is 1.18 bits per heavy atom. The zero-order chi connectivity index (χ0) is 12.1. The van der Waals surface area contributed by atoms with Gasteiger partial charge in [0.15, 0.2) is 0 Å². The van der Waals surface area contributed by atoms with Crippen LogP contribution in [0.4, 0.5) is 4.79 Å². The summed E-state index contributed by atoms with van der Waals surface area (Å²) in [7, 11) is 1.43. The van der Waals surface area contributed by atoms with E-state index < -0.39 is 0 Å². The normalized spacial score (nSPS) is 16.9. The second-order valence-corrected chi connectivity index (χ2v) is 4.22. The summed E-state index contributed by atoms with van der Waals surface area (Å²) in [6, 6.07) is 10.4. The molecule has 0 N–H and O–H groups in total. The van der Waals surface area contributed by atoms with E-state index in [9.17, 15) is 4.79 Å². The number of carbonyl (C=O) groups is 1. The summed E-state index contributed by atoms with van der Waals surface area (Å²) in [4.78, 5) is 15.4. The van der Waals surface area contributed by atoms with Crippen LogP contribution in [0, 0.1) is 0 Å². The average molecular weight is 234 g/mol. The molecular formula is C13H18N2O2. The van der Waals surface area contributed by atoms with Crippen molar-refractivity contribution in [2.45, 2.75) is 6.54 Å². The van der Waals surface area contributed by atoms with Crippen molar-refractivity contribution in [3.05, 3.63) is 35.9 Å². The Kier molecular flexibility index (Phi) is 3.98. The minimum atomic E-state index is -0.218. The first-order valence-electron chi connectivity index (χ1n) is 5.89. The highest BCUT2D eigenvalue weighted by Crippen LogP contribution is 2.08. The highest BCUT2D eigenvalue weighted by Gasteiger charge is 2.21. The van der Waals surface area contributed by atoms with Crippen LogP contribution in [0.2, 0.25) is 0 Å². The third-order valence-electron chi connectivity index (χ3n) is 3.05. The van der Waals surface area contributed by atoms with Crippen molar-refractivity contribution in [2.75, 3.05) is 33.3 Å². The van der Waals surface area contributed by atoms with E-state index >= 15 is 0 Å². The third-order valence-corrected chi connectivity index (χ3v) is 3.05. The van der Waals surface area contributed by atoms with Gasteiger partial charge in [-0.1, -0.05) is 30.3 Å². The quantitative estimate of drug-likeness (QED) is 0.778. The number of piperazine rings is 1. The first kappa shape index (κ1) is 11.9. The lowest BCUT2D eigenvalue weighted by Gasteiger charge is -2.33. The first-order valence-corrected chi connectivity index (χ1v) is 5.89. The lowest BCUT2D eigenvalue weighted by Crippen LogP contribution is -2.48. The van der Waals surface area contributed by atoms with Crippen LogP contribution >= 0.6 is 0 Å². The molecule has 0 atom stereocenters. The van der Waals surface area contributed by atoms with Crippen LogP contribution in [0.15, 0.2) is 30.3 Å². The maximum absolute atomic E-state index is 11.3. The number of hydrogen-bond acceptors (Lipinski definition) is 3. The first-order chi connectivity index (χ1) is 8.29. The van der Waals surface area contributed by atoms with Crippen LogP contribution in [-0.4, -0.2) is 49.2 Å². The Bertz CT molecular complexity index is 359. The van der Waals surface area contributed by atoms with Crippen molar-refractivity contribution in [1.82, 2.24) is 9.80 Å². The fourth-order valence-electron chi connectivity index (χ4n) is 2.06. The van der Waals surface area contributed by atoms with Crippen molar-refractivity contribution in [2.24, 2.45) is 0 Å². The van der Waals surface area contributed by atoms with Crippen LogP contribution in [0.25, 0.3) is 0 Å². The molecule has 0 saturated carbocycles. The number of rotatable bonds is 2. The van der Waals surface area contributed by atoms with Crippen LogP contribution in [0.5, 0.6) is 0 Å². The molecule has 1 fully saturated rings. The van der Waals surface area contributed by atoms with Gasteiger partial charge in [-0.3, -0.25) is 4.90 Å². The SMILES string of the molecule is COC(=O)N1CCN(Cc2ccccc2)CC1. The maximum Gasteiger partial charge on any atom is 0.409 e. The number of hydrogen-bond donors (Lipinski definition) is 0. The maximum atomic E-state index is 11.3. The van der Waals surface area contributed by atoms with Crippen molar-refractivity contribution in [3.8, 4) is 0 Å². The van der Waals surface area contributed by atoms with Gasteiger partial charge in [0.2, 0.25) is 0 Å². The van der Waals surface area contributed by atoms with E-state index in [1.54, 1.807) is 4.90 Å². The molecule has 1 saturated heterocycles. The molecular weight excluding hydrogens is 216 g/mol. The molecule has 1 aromatic carbocycles. The molecule has 0 unspecified atom stereocenters. The standard InChI is InChI=1S/C13H18N2O2/c1-17-13(16)15-9-7-14(8-10-15)11-12-5-3-2-4-6-12/h2-6H,7-11H2,1H3. The Hall–Kier alpha value is -1.55. The lowest BCUT2D eigenvalue weighted by atomic mass is 10.2. The fraction of sp³-hybridized carbons (Fsp3) is 0.462. The van der Waals surface area contributed by atoms with E-state index in [0.717, 1.165) is 32.7 Å². The smallest absolute Gasteiger partial charge is 0.409 e. The van der Waals surface area contributed by atoms with E-state index in [1.807, 2.05) is 6.07 Å². The summed E-state index contributed by atoms with van der Waals surface area (Å²) in [5, 5.41) is 0. The Labute approximate surface area is 102 Å². The molecule has 1 heterocycles. The highest BCUT2D eigenvalue weighted by atomic mass is 16.5. The number of methoxy groups -OCH3 is 1. The van der Waals surface area contributed by atoms with Gasteiger partial charge in [-0.25, -0.2) is 4.79 Å². The van der Waals surface area contributed by atoms with Gasteiger partial charge in [-0.05, 0) is 5.56 Å². The second kappa shape index (κ2) is 5.68. The Morgan fingerprint density at radius 3 is 2.41 bits per heavy atom. The molecule has 1 aliphatic rings. The van der Waals surface area contributed by atoms with E-state index in [0.29, 0.717) is 0 Å². The molecule has 1 aromatic rings. The van der Waals surface area contributed by atoms with E-state index in [-0.39, 0.29) is 6.09 Å². The molecule has 0 aromatic heterocycles. The van der Waals surface area contributed by atoms with Crippen molar-refractivity contribution in [1.29, 1.82) is 0 Å². The van der Waals surface area contributed by atoms with Crippen molar-refractivity contribution in [3.63, 3.8) is 0 Å². The number of ether oxygens (including phenoxy) is 1. The molecule has 4 nitrogen and oxygen atoms in total. The van der Waals surface area contributed by atoms with Crippen molar-refractivity contribution >= 4 is 6.09 Å². The molecule has 0 radical (unpaired) electrons. The lowest BCUT2D eigenvalue weighted by molar-refractivity contribution is 0.0889.